The van der Waals surface area contributed by atoms with Crippen LogP contribution in [0.2, 0.25) is 5.02 Å². The number of hydrogen-bond acceptors (Lipinski definition) is 1. The van der Waals surface area contributed by atoms with Crippen LogP contribution < -0.4 is 4.74 Å². The van der Waals surface area contributed by atoms with Crippen LogP contribution in [0.3, 0.4) is 0 Å². The smallest absolute Gasteiger partial charge is 0.184 e. The Morgan fingerprint density at radius 1 is 1.09 bits per heavy atom. The summed E-state index contributed by atoms with van der Waals surface area (Å²) in [6.45, 7) is 2.37. The fourth-order valence-electron chi connectivity index (χ4n) is 4.22. The zero-order chi connectivity index (χ0) is 16.4. The Balaban J connectivity index is 1.71. The zero-order valence-electron chi connectivity index (χ0n) is 14.1. The molecule has 23 heavy (non-hydrogen) atoms. The maximum atomic E-state index is 14.1. The van der Waals surface area contributed by atoms with Gasteiger partial charge in [0.2, 0.25) is 0 Å². The topological polar surface area (TPSA) is 9.23 Å². The molecule has 1 unspecified atom stereocenters. The number of methoxy groups -OCH3 is 1. The summed E-state index contributed by atoms with van der Waals surface area (Å²) < 4.78 is 19.1. The predicted molar refractivity (Wildman–Crippen MR) is 94.4 cm³/mol. The standard InChI is InChI=1S/C20H26ClFO/c1-13-3-5-14(6-4-13)15-7-9-16(10-8-15)17-11-12-18(23-2)20(22)19(17)21/h9,11-15H,3-8,10H2,1-2H3. The van der Waals surface area contributed by atoms with E-state index < -0.39 is 5.82 Å². The first-order valence-electron chi connectivity index (χ1n) is 8.81. The van der Waals surface area contributed by atoms with Gasteiger partial charge in [-0.25, -0.2) is 4.39 Å². The molecule has 0 heterocycles. The summed E-state index contributed by atoms with van der Waals surface area (Å²) in [6, 6.07) is 3.56. The molecule has 1 nitrogen and oxygen atoms in total. The molecule has 0 aliphatic heterocycles. The average molecular weight is 337 g/mol. The van der Waals surface area contributed by atoms with E-state index in [9.17, 15) is 4.39 Å². The van der Waals surface area contributed by atoms with Crippen molar-refractivity contribution >= 4 is 17.2 Å². The van der Waals surface area contributed by atoms with E-state index in [0.717, 1.165) is 36.2 Å². The van der Waals surface area contributed by atoms with Gasteiger partial charge >= 0.3 is 0 Å². The van der Waals surface area contributed by atoms with Crippen LogP contribution in [-0.4, -0.2) is 7.11 Å². The lowest BCUT2D eigenvalue weighted by molar-refractivity contribution is 0.202. The Morgan fingerprint density at radius 2 is 1.83 bits per heavy atom. The van der Waals surface area contributed by atoms with Crippen molar-refractivity contribution in [2.45, 2.75) is 51.9 Å². The minimum Gasteiger partial charge on any atom is -0.494 e. The van der Waals surface area contributed by atoms with Gasteiger partial charge in [0.1, 0.15) is 0 Å². The van der Waals surface area contributed by atoms with Crippen LogP contribution in [0, 0.1) is 23.6 Å². The van der Waals surface area contributed by atoms with E-state index >= 15 is 0 Å². The molecule has 1 saturated carbocycles. The van der Waals surface area contributed by atoms with Gasteiger partial charge in [-0.2, -0.15) is 0 Å². The van der Waals surface area contributed by atoms with Gasteiger partial charge in [-0.05, 0) is 73.1 Å². The third kappa shape index (κ3) is 3.57. The summed E-state index contributed by atoms with van der Waals surface area (Å²) >= 11 is 6.22. The lowest BCUT2D eigenvalue weighted by atomic mass is 9.71. The van der Waals surface area contributed by atoms with Crippen molar-refractivity contribution in [3.63, 3.8) is 0 Å². The monoisotopic (exact) mass is 336 g/mol. The van der Waals surface area contributed by atoms with Crippen LogP contribution in [0.1, 0.15) is 57.4 Å². The van der Waals surface area contributed by atoms with Crippen molar-refractivity contribution in [2.75, 3.05) is 7.11 Å². The Morgan fingerprint density at radius 3 is 2.43 bits per heavy atom. The second kappa shape index (κ2) is 7.25. The molecular formula is C20H26ClFO. The maximum Gasteiger partial charge on any atom is 0.184 e. The van der Waals surface area contributed by atoms with Crippen molar-refractivity contribution in [3.8, 4) is 5.75 Å². The van der Waals surface area contributed by atoms with E-state index in [-0.39, 0.29) is 10.8 Å². The average Bonchev–Trinajstić information content (AvgIpc) is 2.58. The largest absolute Gasteiger partial charge is 0.494 e. The number of rotatable bonds is 3. The Kier molecular flexibility index (Phi) is 5.31. The molecule has 0 amide bonds. The van der Waals surface area contributed by atoms with Gasteiger partial charge in [0.25, 0.3) is 0 Å². The summed E-state index contributed by atoms with van der Waals surface area (Å²) in [4.78, 5) is 0. The number of hydrogen-bond donors (Lipinski definition) is 0. The summed E-state index contributed by atoms with van der Waals surface area (Å²) in [5, 5.41) is 0.195. The Hall–Kier alpha value is -1.02. The predicted octanol–water partition coefficient (Wildman–Crippen LogP) is 6.50. The molecule has 2 aliphatic rings. The van der Waals surface area contributed by atoms with Gasteiger partial charge in [-0.1, -0.05) is 37.4 Å². The summed E-state index contributed by atoms with van der Waals surface area (Å²) in [7, 11) is 1.46. The summed E-state index contributed by atoms with van der Waals surface area (Å²) in [5.74, 6) is 2.35. The van der Waals surface area contributed by atoms with Crippen LogP contribution >= 0.6 is 11.6 Å². The van der Waals surface area contributed by atoms with Crippen LogP contribution in [0.4, 0.5) is 4.39 Å². The van der Waals surface area contributed by atoms with Gasteiger partial charge in [0.15, 0.2) is 11.6 Å². The van der Waals surface area contributed by atoms with Crippen molar-refractivity contribution < 1.29 is 9.13 Å². The van der Waals surface area contributed by atoms with Crippen LogP contribution in [-0.2, 0) is 0 Å². The first-order chi connectivity index (χ1) is 11.1. The van der Waals surface area contributed by atoms with Crippen molar-refractivity contribution in [1.82, 2.24) is 0 Å². The van der Waals surface area contributed by atoms with Crippen LogP contribution in [0.25, 0.3) is 5.57 Å². The molecule has 0 saturated heterocycles. The number of ether oxygens (including phenoxy) is 1. The SMILES string of the molecule is COc1ccc(C2=CCC(C3CCC(C)CC3)CC2)c(Cl)c1F. The second-order valence-corrected chi connectivity index (χ2v) is 7.61. The molecule has 1 aromatic rings. The molecule has 1 aromatic carbocycles. The van der Waals surface area contributed by atoms with Gasteiger partial charge in [0.05, 0.1) is 12.1 Å². The quantitative estimate of drug-likeness (QED) is 0.612. The summed E-state index contributed by atoms with van der Waals surface area (Å²) in [5.41, 5.74) is 2.03. The van der Waals surface area contributed by atoms with E-state index in [1.54, 1.807) is 6.07 Å². The van der Waals surface area contributed by atoms with E-state index in [4.69, 9.17) is 16.3 Å². The molecule has 0 aromatic heterocycles. The highest BCUT2D eigenvalue weighted by Gasteiger charge is 2.28. The van der Waals surface area contributed by atoms with Gasteiger partial charge < -0.3 is 4.74 Å². The van der Waals surface area contributed by atoms with E-state index in [0.29, 0.717) is 0 Å². The molecular weight excluding hydrogens is 311 g/mol. The van der Waals surface area contributed by atoms with E-state index in [1.165, 1.54) is 44.8 Å². The van der Waals surface area contributed by atoms with Gasteiger partial charge in [-0.15, -0.1) is 0 Å². The molecule has 0 spiro atoms. The second-order valence-electron chi connectivity index (χ2n) is 7.23. The number of benzene rings is 1. The first kappa shape index (κ1) is 16.8. The minimum atomic E-state index is -0.448. The van der Waals surface area contributed by atoms with Crippen LogP contribution in [0.5, 0.6) is 5.75 Å². The highest BCUT2D eigenvalue weighted by atomic mass is 35.5. The van der Waals surface area contributed by atoms with Gasteiger partial charge in [0, 0.05) is 0 Å². The third-order valence-corrected chi connectivity index (χ3v) is 6.16. The van der Waals surface area contributed by atoms with Gasteiger partial charge in [-0.3, -0.25) is 0 Å². The fraction of sp³-hybridized carbons (Fsp3) is 0.600. The van der Waals surface area contributed by atoms with E-state index in [1.807, 2.05) is 6.07 Å². The maximum absolute atomic E-state index is 14.1. The molecule has 0 radical (unpaired) electrons. The molecule has 126 valence electrons. The molecule has 0 N–H and O–H groups in total. The molecule has 1 fully saturated rings. The van der Waals surface area contributed by atoms with E-state index in [2.05, 4.69) is 13.0 Å². The molecule has 3 heteroatoms. The number of halogens is 2. The fourth-order valence-corrected chi connectivity index (χ4v) is 4.50. The van der Waals surface area contributed by atoms with Crippen molar-refractivity contribution in [3.05, 3.63) is 34.6 Å². The highest BCUT2D eigenvalue weighted by Crippen LogP contribution is 2.42. The van der Waals surface area contributed by atoms with Crippen molar-refractivity contribution in [1.29, 1.82) is 0 Å². The normalized spacial score (nSPS) is 28.3. The number of allylic oxidation sites excluding steroid dienone is 2. The Bertz CT molecular complexity index is 588. The van der Waals surface area contributed by atoms with Crippen LogP contribution in [0.15, 0.2) is 18.2 Å². The molecule has 3 rings (SSSR count). The summed E-state index contributed by atoms with van der Waals surface area (Å²) in [6.07, 6.45) is 11.1. The molecule has 0 bridgehead atoms. The minimum absolute atomic E-state index is 0.195. The lowest BCUT2D eigenvalue weighted by Crippen LogP contribution is -2.22. The lowest BCUT2D eigenvalue weighted by Gasteiger charge is -2.34. The highest BCUT2D eigenvalue weighted by molar-refractivity contribution is 6.32. The van der Waals surface area contributed by atoms with Crippen molar-refractivity contribution in [2.24, 2.45) is 17.8 Å². The zero-order valence-corrected chi connectivity index (χ0v) is 14.8. The Labute approximate surface area is 143 Å². The molecule has 2 aliphatic carbocycles. The first-order valence-corrected chi connectivity index (χ1v) is 9.19. The molecule has 1 atom stereocenters. The third-order valence-electron chi connectivity index (χ3n) is 5.79.